The van der Waals surface area contributed by atoms with E-state index in [9.17, 15) is 0 Å². The molecule has 3 heterocycles. The van der Waals surface area contributed by atoms with E-state index in [4.69, 9.17) is 0 Å². The summed E-state index contributed by atoms with van der Waals surface area (Å²) in [5.41, 5.74) is 3.91. The third kappa shape index (κ3) is 2.24. The Labute approximate surface area is 135 Å². The third-order valence-electron chi connectivity index (χ3n) is 3.37. The van der Waals surface area contributed by atoms with Crippen LogP contribution in [0, 0.1) is 13.0 Å². The van der Waals surface area contributed by atoms with Crippen LogP contribution >= 0.6 is 0 Å². The van der Waals surface area contributed by atoms with E-state index in [0.29, 0.717) is 0 Å². The van der Waals surface area contributed by atoms with Crippen molar-refractivity contribution in [2.45, 2.75) is 6.92 Å². The van der Waals surface area contributed by atoms with Gasteiger partial charge in [0.25, 0.3) is 0 Å². The fourth-order valence-corrected chi connectivity index (χ4v) is 2.51. The van der Waals surface area contributed by atoms with Gasteiger partial charge in [0.15, 0.2) is 0 Å². The third-order valence-corrected chi connectivity index (χ3v) is 3.37. The van der Waals surface area contributed by atoms with Gasteiger partial charge in [-0.3, -0.25) is 4.98 Å². The molecule has 5 heteroatoms. The molecule has 0 aliphatic carbocycles. The monoisotopic (exact) mass is 452 g/mol. The van der Waals surface area contributed by atoms with E-state index in [1.54, 1.807) is 12.5 Å². The van der Waals surface area contributed by atoms with Crippen LogP contribution in [0.3, 0.4) is 0 Å². The number of fused-ring (bicyclic) bond motifs is 3. The van der Waals surface area contributed by atoms with E-state index < -0.39 is 0 Å². The Morgan fingerprint density at radius 3 is 2.90 bits per heavy atom. The van der Waals surface area contributed by atoms with E-state index in [2.05, 4.69) is 27.1 Å². The standard InChI is InChI=1S/C16H11N4.Ir/c1-11-9-20-8-6-12-13(15-5-7-17-10-18-15)3-2-4-14(12)16(20)19-11;/h2-3,5-10H,1H3;/q-1;. The molecule has 105 valence electrons. The maximum atomic E-state index is 4.58. The van der Waals surface area contributed by atoms with Crippen molar-refractivity contribution < 1.29 is 20.1 Å². The Kier molecular flexibility index (Phi) is 3.53. The number of hydrogen-bond acceptors (Lipinski definition) is 3. The van der Waals surface area contributed by atoms with Gasteiger partial charge < -0.3 is 4.40 Å². The fourth-order valence-electron chi connectivity index (χ4n) is 2.51. The summed E-state index contributed by atoms with van der Waals surface area (Å²) >= 11 is 0. The van der Waals surface area contributed by atoms with Crippen LogP contribution < -0.4 is 0 Å². The van der Waals surface area contributed by atoms with E-state index in [0.717, 1.165) is 33.4 Å². The molecule has 1 aromatic carbocycles. The van der Waals surface area contributed by atoms with E-state index in [1.165, 1.54) is 0 Å². The Morgan fingerprint density at radius 1 is 1.19 bits per heavy atom. The SMILES string of the molecule is Cc1cn2ccc3c(-c4ccncn4)cc[c-]c3c2n1.[Ir]. The van der Waals surface area contributed by atoms with Crippen molar-refractivity contribution in [1.82, 2.24) is 19.4 Å². The Hall–Kier alpha value is -2.10. The first kappa shape index (κ1) is 13.9. The Balaban J connectivity index is 0.00000132. The Morgan fingerprint density at radius 2 is 2.10 bits per heavy atom. The predicted molar refractivity (Wildman–Crippen MR) is 77.3 cm³/mol. The zero-order valence-corrected chi connectivity index (χ0v) is 13.6. The molecule has 0 saturated carbocycles. The summed E-state index contributed by atoms with van der Waals surface area (Å²) in [4.78, 5) is 12.9. The molecule has 4 rings (SSSR count). The number of aromatic nitrogens is 4. The van der Waals surface area contributed by atoms with Gasteiger partial charge in [-0.15, -0.1) is 23.6 Å². The molecule has 0 atom stereocenters. The topological polar surface area (TPSA) is 43.1 Å². The number of aryl methyl sites for hydroxylation is 1. The van der Waals surface area contributed by atoms with Crippen molar-refractivity contribution in [1.29, 1.82) is 0 Å². The smallest absolute Gasteiger partial charge is 0.115 e. The van der Waals surface area contributed by atoms with Gasteiger partial charge >= 0.3 is 0 Å². The van der Waals surface area contributed by atoms with Crippen molar-refractivity contribution in [3.63, 3.8) is 0 Å². The number of pyridine rings is 1. The van der Waals surface area contributed by atoms with Crippen molar-refractivity contribution in [2.24, 2.45) is 0 Å². The van der Waals surface area contributed by atoms with Crippen molar-refractivity contribution >= 4 is 16.4 Å². The normalized spacial score (nSPS) is 10.7. The summed E-state index contributed by atoms with van der Waals surface area (Å²) in [6.45, 7) is 1.99. The minimum atomic E-state index is 0. The molecule has 21 heavy (non-hydrogen) atoms. The van der Waals surface area contributed by atoms with Gasteiger partial charge in [-0.25, -0.2) is 9.97 Å². The first-order chi connectivity index (χ1) is 9.83. The minimum absolute atomic E-state index is 0. The largest absolute Gasteiger partial charge is 0.347 e. The summed E-state index contributed by atoms with van der Waals surface area (Å²) in [6.07, 6.45) is 7.36. The van der Waals surface area contributed by atoms with Crippen LogP contribution in [0.5, 0.6) is 0 Å². The molecule has 0 aliphatic rings. The van der Waals surface area contributed by atoms with Gasteiger partial charge in [0, 0.05) is 38.2 Å². The van der Waals surface area contributed by atoms with Crippen molar-refractivity contribution in [2.75, 3.05) is 0 Å². The summed E-state index contributed by atoms with van der Waals surface area (Å²) < 4.78 is 2.03. The number of benzene rings is 1. The van der Waals surface area contributed by atoms with Crippen LogP contribution in [0.4, 0.5) is 0 Å². The quantitative estimate of drug-likeness (QED) is 0.418. The summed E-state index contributed by atoms with van der Waals surface area (Å²) in [5, 5.41) is 2.11. The fraction of sp³-hybridized carbons (Fsp3) is 0.0625. The number of hydrogen-bond donors (Lipinski definition) is 0. The molecular weight excluding hydrogens is 440 g/mol. The predicted octanol–water partition coefficient (Wildman–Crippen LogP) is 3.05. The molecule has 0 aliphatic heterocycles. The molecule has 0 amide bonds. The minimum Gasteiger partial charge on any atom is -0.347 e. The van der Waals surface area contributed by atoms with Gasteiger partial charge in [-0.1, -0.05) is 17.0 Å². The maximum absolute atomic E-state index is 4.58. The summed E-state index contributed by atoms with van der Waals surface area (Å²) in [6, 6.07) is 11.2. The van der Waals surface area contributed by atoms with Gasteiger partial charge in [-0.2, -0.15) is 0 Å². The van der Waals surface area contributed by atoms with E-state index in [1.807, 2.05) is 41.9 Å². The van der Waals surface area contributed by atoms with Crippen molar-refractivity contribution in [3.8, 4) is 11.3 Å². The average molecular weight is 452 g/mol. The molecular formula is C16H11IrN4-. The van der Waals surface area contributed by atoms with Gasteiger partial charge in [0.05, 0.1) is 11.3 Å². The molecule has 0 saturated heterocycles. The van der Waals surface area contributed by atoms with Crippen LogP contribution in [-0.2, 0) is 20.1 Å². The summed E-state index contributed by atoms with van der Waals surface area (Å²) in [5.74, 6) is 0. The van der Waals surface area contributed by atoms with Crippen LogP contribution in [-0.4, -0.2) is 19.4 Å². The molecule has 4 aromatic rings. The molecule has 4 nitrogen and oxygen atoms in total. The van der Waals surface area contributed by atoms with Crippen LogP contribution in [0.1, 0.15) is 5.69 Å². The number of imidazole rings is 1. The Bertz CT molecular complexity index is 916. The first-order valence-electron chi connectivity index (χ1n) is 6.38. The molecule has 0 bridgehead atoms. The molecule has 0 fully saturated rings. The van der Waals surface area contributed by atoms with Crippen molar-refractivity contribution in [3.05, 3.63) is 60.9 Å². The average Bonchev–Trinajstić information content (AvgIpc) is 2.88. The van der Waals surface area contributed by atoms with Gasteiger partial charge in [-0.05, 0) is 19.2 Å². The molecule has 0 unspecified atom stereocenters. The summed E-state index contributed by atoms with van der Waals surface area (Å²) in [7, 11) is 0. The van der Waals surface area contributed by atoms with Gasteiger partial charge in [0.1, 0.15) is 6.33 Å². The zero-order valence-electron chi connectivity index (χ0n) is 11.2. The maximum Gasteiger partial charge on any atom is 0.115 e. The number of rotatable bonds is 1. The van der Waals surface area contributed by atoms with Crippen LogP contribution in [0.2, 0.25) is 0 Å². The second kappa shape index (κ2) is 5.35. The first-order valence-corrected chi connectivity index (χ1v) is 6.38. The second-order valence-corrected chi connectivity index (χ2v) is 4.70. The molecule has 1 radical (unpaired) electrons. The molecule has 3 aromatic heterocycles. The van der Waals surface area contributed by atoms with Gasteiger partial charge in [0.2, 0.25) is 0 Å². The second-order valence-electron chi connectivity index (χ2n) is 4.70. The number of nitrogens with zero attached hydrogens (tertiary/aromatic N) is 4. The zero-order chi connectivity index (χ0) is 13.5. The van der Waals surface area contributed by atoms with E-state index in [-0.39, 0.29) is 20.1 Å². The molecule has 0 spiro atoms. The van der Waals surface area contributed by atoms with Crippen LogP contribution in [0.15, 0.2) is 49.2 Å². The molecule has 0 N–H and O–H groups in total. The van der Waals surface area contributed by atoms with E-state index >= 15 is 0 Å². The van der Waals surface area contributed by atoms with Crippen LogP contribution in [0.25, 0.3) is 27.7 Å².